The van der Waals surface area contributed by atoms with Crippen molar-refractivity contribution >= 4 is 17.0 Å². The maximum Gasteiger partial charge on any atom is 0.130 e. The second kappa shape index (κ2) is 4.50. The summed E-state index contributed by atoms with van der Waals surface area (Å²) in [4.78, 5) is 6.07. The number of benzene rings is 1. The van der Waals surface area contributed by atoms with E-state index in [0.29, 0.717) is 17.9 Å². The molecular weight excluding hydrogens is 272 g/mol. The van der Waals surface area contributed by atoms with Crippen molar-refractivity contribution in [3.63, 3.8) is 0 Å². The Kier molecular flexibility index (Phi) is 2.56. The Hall–Kier alpha value is -2.00. The summed E-state index contributed by atoms with van der Waals surface area (Å²) < 4.78 is 6.10. The highest BCUT2D eigenvalue weighted by Gasteiger charge is 2.43. The molecule has 3 aliphatic rings. The summed E-state index contributed by atoms with van der Waals surface area (Å²) in [6.45, 7) is 4.81. The maximum atomic E-state index is 6.10. The molecular formula is C19H20N2O. The normalized spacial score (nSPS) is 32.6. The number of nitrogens with one attached hydrogen (secondary N) is 1. The number of rotatable bonds is 1. The third kappa shape index (κ3) is 1.60. The van der Waals surface area contributed by atoms with E-state index in [1.54, 1.807) is 0 Å². The van der Waals surface area contributed by atoms with Crippen LogP contribution in [0.5, 0.6) is 0 Å². The zero-order valence-electron chi connectivity index (χ0n) is 12.5. The average molecular weight is 292 g/mol. The third-order valence-corrected chi connectivity index (χ3v) is 5.64. The molecule has 1 aromatic carbocycles. The summed E-state index contributed by atoms with van der Waals surface area (Å²) in [5.41, 5.74) is 3.94. The molecule has 0 amide bonds. The molecule has 0 spiro atoms. The molecule has 1 aromatic heterocycles. The molecule has 5 rings (SSSR count). The lowest BCUT2D eigenvalue weighted by Crippen LogP contribution is -2.50. The van der Waals surface area contributed by atoms with Crippen LogP contribution in [-0.4, -0.2) is 22.7 Å². The number of aromatic amines is 1. The van der Waals surface area contributed by atoms with E-state index in [2.05, 4.69) is 59.1 Å². The molecule has 2 bridgehead atoms. The van der Waals surface area contributed by atoms with E-state index >= 15 is 0 Å². The van der Waals surface area contributed by atoms with E-state index in [9.17, 15) is 0 Å². The summed E-state index contributed by atoms with van der Waals surface area (Å²) in [5, 5.41) is 1.32. The van der Waals surface area contributed by atoms with Crippen LogP contribution in [0.3, 0.4) is 0 Å². The van der Waals surface area contributed by atoms with E-state index in [4.69, 9.17) is 4.74 Å². The van der Waals surface area contributed by atoms with Crippen molar-refractivity contribution < 1.29 is 4.74 Å². The molecule has 0 saturated carbocycles. The van der Waals surface area contributed by atoms with Gasteiger partial charge in [0.1, 0.15) is 6.23 Å². The van der Waals surface area contributed by atoms with Crippen molar-refractivity contribution in [2.75, 3.05) is 6.61 Å². The molecule has 4 heterocycles. The van der Waals surface area contributed by atoms with Crippen molar-refractivity contribution in [3.05, 3.63) is 54.4 Å². The summed E-state index contributed by atoms with van der Waals surface area (Å²) >= 11 is 0. The number of hydrogen-bond donors (Lipinski definition) is 1. The fraction of sp³-hybridized carbons (Fsp3) is 0.368. The number of aromatic nitrogens is 1. The molecule has 1 N–H and O–H groups in total. The standard InChI is InChI=1S/C19H20N2O/c1-2-12-11-22-18-10-13(12)9-17-19-15(7-8-21(17)18)14-5-3-4-6-16(14)20-19/h2-8,12-13,17-18,20H,1,9-11H2/t12-,13-,17?,18-/m0/s1. The first-order valence-corrected chi connectivity index (χ1v) is 8.15. The van der Waals surface area contributed by atoms with Crippen LogP contribution in [-0.2, 0) is 4.74 Å². The highest BCUT2D eigenvalue weighted by Crippen LogP contribution is 2.47. The zero-order chi connectivity index (χ0) is 14.7. The molecule has 3 heteroatoms. The molecule has 22 heavy (non-hydrogen) atoms. The van der Waals surface area contributed by atoms with Gasteiger partial charge < -0.3 is 14.6 Å². The van der Waals surface area contributed by atoms with Crippen LogP contribution in [0.1, 0.15) is 30.1 Å². The van der Waals surface area contributed by atoms with E-state index in [1.165, 1.54) is 28.6 Å². The molecule has 3 aliphatic heterocycles. The van der Waals surface area contributed by atoms with Gasteiger partial charge in [-0.3, -0.25) is 0 Å². The molecule has 1 unspecified atom stereocenters. The Morgan fingerprint density at radius 1 is 1.27 bits per heavy atom. The topological polar surface area (TPSA) is 28.3 Å². The van der Waals surface area contributed by atoms with Gasteiger partial charge in [-0.25, -0.2) is 0 Å². The molecule has 3 nitrogen and oxygen atoms in total. The maximum absolute atomic E-state index is 6.10. The van der Waals surface area contributed by atoms with Crippen LogP contribution in [0, 0.1) is 11.8 Å². The Morgan fingerprint density at radius 3 is 3.09 bits per heavy atom. The number of para-hydroxylation sites is 1. The molecule has 4 atom stereocenters. The van der Waals surface area contributed by atoms with E-state index in [0.717, 1.165) is 13.0 Å². The average Bonchev–Trinajstić information content (AvgIpc) is 2.94. The Balaban J connectivity index is 1.62. The Morgan fingerprint density at radius 2 is 2.18 bits per heavy atom. The minimum atomic E-state index is 0.218. The lowest BCUT2D eigenvalue weighted by molar-refractivity contribution is -0.147. The van der Waals surface area contributed by atoms with Gasteiger partial charge in [0.25, 0.3) is 0 Å². The van der Waals surface area contributed by atoms with Crippen LogP contribution >= 0.6 is 0 Å². The second-order valence-corrected chi connectivity index (χ2v) is 6.70. The predicted octanol–water partition coefficient (Wildman–Crippen LogP) is 4.06. The van der Waals surface area contributed by atoms with Crippen LogP contribution in [0.4, 0.5) is 0 Å². The highest BCUT2D eigenvalue weighted by atomic mass is 16.5. The molecule has 2 saturated heterocycles. The van der Waals surface area contributed by atoms with Gasteiger partial charge in [-0.1, -0.05) is 24.3 Å². The van der Waals surface area contributed by atoms with Crippen molar-refractivity contribution in [2.45, 2.75) is 25.1 Å². The molecule has 2 aromatic rings. The third-order valence-electron chi connectivity index (χ3n) is 5.64. The van der Waals surface area contributed by atoms with Crippen LogP contribution in [0.2, 0.25) is 0 Å². The number of ether oxygens (including phenoxy) is 1. The number of piperidine rings is 1. The van der Waals surface area contributed by atoms with Crippen LogP contribution in [0.15, 0.2) is 43.1 Å². The quantitative estimate of drug-likeness (QED) is 0.803. The lowest BCUT2D eigenvalue weighted by Gasteiger charge is -2.50. The largest absolute Gasteiger partial charge is 0.358 e. The number of hydrogen-bond acceptors (Lipinski definition) is 2. The number of fused-ring (bicyclic) bond motifs is 8. The van der Waals surface area contributed by atoms with Crippen molar-refractivity contribution in [2.24, 2.45) is 11.8 Å². The van der Waals surface area contributed by atoms with Gasteiger partial charge in [-0.15, -0.1) is 6.58 Å². The first-order chi connectivity index (χ1) is 10.8. The number of nitrogens with zero attached hydrogens (tertiary/aromatic N) is 1. The van der Waals surface area contributed by atoms with Gasteiger partial charge in [-0.2, -0.15) is 0 Å². The Labute approximate surface area is 130 Å². The zero-order valence-corrected chi connectivity index (χ0v) is 12.5. The lowest BCUT2D eigenvalue weighted by atomic mass is 9.77. The van der Waals surface area contributed by atoms with Gasteiger partial charge in [0.2, 0.25) is 0 Å². The molecule has 0 aliphatic carbocycles. The van der Waals surface area contributed by atoms with Crippen LogP contribution < -0.4 is 0 Å². The fourth-order valence-electron chi connectivity index (χ4n) is 4.46. The summed E-state index contributed by atoms with van der Waals surface area (Å²) in [7, 11) is 0. The van der Waals surface area contributed by atoms with E-state index in [-0.39, 0.29) is 6.23 Å². The Bertz CT molecular complexity index is 775. The molecule has 2 fully saturated rings. The summed E-state index contributed by atoms with van der Waals surface area (Å²) in [6.07, 6.45) is 9.08. The van der Waals surface area contributed by atoms with Crippen molar-refractivity contribution in [1.82, 2.24) is 9.88 Å². The minimum Gasteiger partial charge on any atom is -0.358 e. The number of H-pyrrole nitrogens is 1. The van der Waals surface area contributed by atoms with E-state index < -0.39 is 0 Å². The smallest absolute Gasteiger partial charge is 0.130 e. The van der Waals surface area contributed by atoms with Gasteiger partial charge in [0, 0.05) is 34.3 Å². The molecule has 0 radical (unpaired) electrons. The highest BCUT2D eigenvalue weighted by molar-refractivity contribution is 5.91. The monoisotopic (exact) mass is 292 g/mol. The van der Waals surface area contributed by atoms with Gasteiger partial charge >= 0.3 is 0 Å². The molecule has 112 valence electrons. The minimum absolute atomic E-state index is 0.218. The predicted molar refractivity (Wildman–Crippen MR) is 88.1 cm³/mol. The second-order valence-electron chi connectivity index (χ2n) is 6.70. The van der Waals surface area contributed by atoms with Crippen molar-refractivity contribution in [1.29, 1.82) is 0 Å². The van der Waals surface area contributed by atoms with Gasteiger partial charge in [0.15, 0.2) is 0 Å². The van der Waals surface area contributed by atoms with Gasteiger partial charge in [-0.05, 0) is 30.9 Å². The van der Waals surface area contributed by atoms with Crippen molar-refractivity contribution in [3.8, 4) is 0 Å². The first-order valence-electron chi connectivity index (χ1n) is 8.15. The summed E-state index contributed by atoms with van der Waals surface area (Å²) in [6, 6.07) is 8.98. The fourth-order valence-corrected chi connectivity index (χ4v) is 4.46. The van der Waals surface area contributed by atoms with E-state index in [1.807, 2.05) is 0 Å². The summed E-state index contributed by atoms with van der Waals surface area (Å²) in [5.74, 6) is 1.18. The van der Waals surface area contributed by atoms with Gasteiger partial charge in [0.05, 0.1) is 12.6 Å². The first kappa shape index (κ1) is 12.5. The van der Waals surface area contributed by atoms with Crippen LogP contribution in [0.25, 0.3) is 17.0 Å². The SMILES string of the molecule is C=C[C@H]1CO[C@H]2C[C@@H]1CC1c3[nH]c4ccccc4c3C=CN12.